The fourth-order valence-corrected chi connectivity index (χ4v) is 5.30. The van der Waals surface area contributed by atoms with Crippen molar-refractivity contribution in [3.05, 3.63) is 41.1 Å². The number of nitrogens with one attached hydrogen (secondary N) is 2. The van der Waals surface area contributed by atoms with Gasteiger partial charge in [-0.15, -0.1) is 4.09 Å². The van der Waals surface area contributed by atoms with E-state index < -0.39 is 10.0 Å². The zero-order valence-corrected chi connectivity index (χ0v) is 17.5. The number of carbonyl (C=O) groups excluding carboxylic acids is 1. The smallest absolute Gasteiger partial charge is 0.284 e. The second-order valence-corrected chi connectivity index (χ2v) is 9.51. The first-order valence-electron chi connectivity index (χ1n) is 10.1. The molecule has 2 aliphatic heterocycles. The minimum atomic E-state index is -3.90. The SMILES string of the molecule is Cc1cccc(S(=O)(=O)n2nc3c(c2NC(=O)CCN2CCCCC2)CNC3)c1. The lowest BCUT2D eigenvalue weighted by Crippen LogP contribution is -2.33. The monoisotopic (exact) mass is 417 g/mol. The number of nitrogens with zero attached hydrogens (tertiary/aromatic N) is 3. The highest BCUT2D eigenvalue weighted by Gasteiger charge is 2.30. The van der Waals surface area contributed by atoms with Gasteiger partial charge >= 0.3 is 0 Å². The summed E-state index contributed by atoms with van der Waals surface area (Å²) in [5.74, 6) is 0.0704. The van der Waals surface area contributed by atoms with Gasteiger partial charge in [0, 0.05) is 31.6 Å². The molecule has 0 aliphatic carbocycles. The normalized spacial score (nSPS) is 17.3. The lowest BCUT2D eigenvalue weighted by molar-refractivity contribution is -0.116. The van der Waals surface area contributed by atoms with Gasteiger partial charge < -0.3 is 15.5 Å². The van der Waals surface area contributed by atoms with Crippen LogP contribution in [0.1, 0.15) is 42.5 Å². The molecule has 1 aromatic carbocycles. The molecule has 3 heterocycles. The number of amides is 1. The van der Waals surface area contributed by atoms with E-state index in [4.69, 9.17) is 0 Å². The third-order valence-electron chi connectivity index (χ3n) is 5.51. The molecule has 1 fully saturated rings. The lowest BCUT2D eigenvalue weighted by atomic mass is 10.1. The van der Waals surface area contributed by atoms with Crippen LogP contribution in [0, 0.1) is 6.92 Å². The van der Waals surface area contributed by atoms with Crippen LogP contribution < -0.4 is 10.6 Å². The van der Waals surface area contributed by atoms with Crippen molar-refractivity contribution >= 4 is 21.7 Å². The van der Waals surface area contributed by atoms with Crippen LogP contribution in [0.25, 0.3) is 0 Å². The Morgan fingerprint density at radius 1 is 1.21 bits per heavy atom. The van der Waals surface area contributed by atoms with Gasteiger partial charge in [-0.05, 0) is 50.6 Å². The topological polar surface area (TPSA) is 96.3 Å². The first-order chi connectivity index (χ1) is 13.9. The number of anilines is 1. The number of fused-ring (bicyclic) bond motifs is 1. The quantitative estimate of drug-likeness (QED) is 0.745. The third kappa shape index (κ3) is 4.22. The molecule has 0 radical (unpaired) electrons. The number of aryl methyl sites for hydroxylation is 1. The molecule has 0 saturated carbocycles. The van der Waals surface area contributed by atoms with Crippen molar-refractivity contribution in [2.24, 2.45) is 0 Å². The van der Waals surface area contributed by atoms with E-state index in [1.54, 1.807) is 18.2 Å². The molecular formula is C20H27N5O3S. The van der Waals surface area contributed by atoms with Crippen LogP contribution in [0.4, 0.5) is 5.82 Å². The van der Waals surface area contributed by atoms with Gasteiger partial charge in [0.05, 0.1) is 10.6 Å². The summed E-state index contributed by atoms with van der Waals surface area (Å²) >= 11 is 0. The Morgan fingerprint density at radius 3 is 2.76 bits per heavy atom. The number of aromatic nitrogens is 2. The molecule has 2 aliphatic rings. The van der Waals surface area contributed by atoms with Crippen LogP contribution in [0.2, 0.25) is 0 Å². The van der Waals surface area contributed by atoms with Gasteiger partial charge in [-0.3, -0.25) is 4.79 Å². The fourth-order valence-electron chi connectivity index (χ4n) is 3.92. The Kier molecular flexibility index (Phi) is 5.71. The molecule has 156 valence electrons. The summed E-state index contributed by atoms with van der Waals surface area (Å²) in [4.78, 5) is 15.1. The van der Waals surface area contributed by atoms with Crippen molar-refractivity contribution in [3.63, 3.8) is 0 Å². The first kappa shape index (κ1) is 20.1. The van der Waals surface area contributed by atoms with Crippen molar-refractivity contribution in [2.75, 3.05) is 25.0 Å². The Balaban J connectivity index is 1.57. The zero-order valence-electron chi connectivity index (χ0n) is 16.6. The molecule has 0 atom stereocenters. The number of benzene rings is 1. The second-order valence-electron chi connectivity index (χ2n) is 7.74. The summed E-state index contributed by atoms with van der Waals surface area (Å²) in [6.07, 6.45) is 3.92. The first-order valence-corrected chi connectivity index (χ1v) is 11.5. The molecular weight excluding hydrogens is 390 g/mol. The van der Waals surface area contributed by atoms with Crippen LogP contribution in [0.3, 0.4) is 0 Å². The van der Waals surface area contributed by atoms with E-state index in [1.165, 1.54) is 19.3 Å². The third-order valence-corrected chi connectivity index (χ3v) is 7.08. The van der Waals surface area contributed by atoms with Crippen LogP contribution in [0.5, 0.6) is 0 Å². The van der Waals surface area contributed by atoms with Crippen LogP contribution in [0.15, 0.2) is 29.2 Å². The molecule has 9 heteroatoms. The minimum Gasteiger partial charge on any atom is -0.310 e. The molecule has 0 unspecified atom stereocenters. The molecule has 1 amide bonds. The van der Waals surface area contributed by atoms with Crippen molar-refractivity contribution in [1.29, 1.82) is 0 Å². The lowest BCUT2D eigenvalue weighted by Gasteiger charge is -2.26. The Morgan fingerprint density at radius 2 is 2.00 bits per heavy atom. The summed E-state index contributed by atoms with van der Waals surface area (Å²) < 4.78 is 27.4. The van der Waals surface area contributed by atoms with E-state index in [2.05, 4.69) is 20.6 Å². The predicted molar refractivity (Wildman–Crippen MR) is 110 cm³/mol. The number of rotatable bonds is 6. The molecule has 2 aromatic rings. The van der Waals surface area contributed by atoms with Gasteiger partial charge in [0.15, 0.2) is 5.82 Å². The second kappa shape index (κ2) is 8.25. The fraction of sp³-hybridized carbons (Fsp3) is 0.500. The Hall–Kier alpha value is -2.23. The number of carbonyl (C=O) groups is 1. The van der Waals surface area contributed by atoms with Gasteiger partial charge in [0.25, 0.3) is 10.0 Å². The molecule has 0 bridgehead atoms. The van der Waals surface area contributed by atoms with E-state index in [1.807, 2.05) is 13.0 Å². The van der Waals surface area contributed by atoms with Gasteiger partial charge in [-0.2, -0.15) is 13.5 Å². The van der Waals surface area contributed by atoms with E-state index in [-0.39, 0.29) is 16.6 Å². The van der Waals surface area contributed by atoms with E-state index >= 15 is 0 Å². The maximum absolute atomic E-state index is 13.2. The maximum atomic E-state index is 13.2. The molecule has 8 nitrogen and oxygen atoms in total. The van der Waals surface area contributed by atoms with Gasteiger partial charge in [-0.25, -0.2) is 0 Å². The van der Waals surface area contributed by atoms with Crippen LogP contribution in [-0.4, -0.2) is 48.0 Å². The largest absolute Gasteiger partial charge is 0.310 e. The Labute approximate surface area is 171 Å². The highest BCUT2D eigenvalue weighted by atomic mass is 32.2. The van der Waals surface area contributed by atoms with Crippen LogP contribution >= 0.6 is 0 Å². The summed E-state index contributed by atoms with van der Waals surface area (Å²) in [7, 11) is -3.90. The zero-order chi connectivity index (χ0) is 20.4. The van der Waals surface area contributed by atoms with Crippen molar-refractivity contribution < 1.29 is 13.2 Å². The van der Waals surface area contributed by atoms with Gasteiger partial charge in [-0.1, -0.05) is 18.6 Å². The summed E-state index contributed by atoms with van der Waals surface area (Å²) in [6.45, 7) is 5.54. The summed E-state index contributed by atoms with van der Waals surface area (Å²) in [5.41, 5.74) is 2.25. The molecule has 2 N–H and O–H groups in total. The molecule has 0 spiro atoms. The number of hydrogen-bond acceptors (Lipinski definition) is 6. The van der Waals surface area contributed by atoms with E-state index in [9.17, 15) is 13.2 Å². The van der Waals surface area contributed by atoms with Crippen molar-refractivity contribution in [2.45, 2.75) is 50.6 Å². The average Bonchev–Trinajstić information content (AvgIpc) is 3.30. The van der Waals surface area contributed by atoms with Crippen LogP contribution in [-0.2, 0) is 27.9 Å². The molecule has 4 rings (SSSR count). The molecule has 29 heavy (non-hydrogen) atoms. The molecule has 1 aromatic heterocycles. The van der Waals surface area contributed by atoms with Gasteiger partial charge in [0.2, 0.25) is 5.91 Å². The van der Waals surface area contributed by atoms with Crippen molar-refractivity contribution in [3.8, 4) is 0 Å². The maximum Gasteiger partial charge on any atom is 0.284 e. The van der Waals surface area contributed by atoms with Crippen molar-refractivity contribution in [1.82, 2.24) is 19.4 Å². The summed E-state index contributed by atoms with van der Waals surface area (Å²) in [6, 6.07) is 6.71. The Bertz CT molecular complexity index is 1010. The predicted octanol–water partition coefficient (Wildman–Crippen LogP) is 1.85. The number of likely N-dealkylation sites (tertiary alicyclic amines) is 1. The minimum absolute atomic E-state index is 0.162. The molecule has 1 saturated heterocycles. The standard InChI is InChI=1S/C20H27N5O3S/c1-15-6-5-7-16(12-15)29(27,28)25-20(17-13-21-14-18(17)23-25)22-19(26)8-11-24-9-3-2-4-10-24/h5-7,12,21H,2-4,8-11,13-14H2,1H3,(H,22,26). The highest BCUT2D eigenvalue weighted by molar-refractivity contribution is 7.90. The average molecular weight is 418 g/mol. The number of hydrogen-bond donors (Lipinski definition) is 2. The highest BCUT2D eigenvalue weighted by Crippen LogP contribution is 2.28. The number of piperidine rings is 1. The van der Waals surface area contributed by atoms with E-state index in [0.29, 0.717) is 31.7 Å². The summed E-state index contributed by atoms with van der Waals surface area (Å²) in [5, 5.41) is 10.3. The van der Waals surface area contributed by atoms with Gasteiger partial charge in [0.1, 0.15) is 0 Å². The van der Waals surface area contributed by atoms with E-state index in [0.717, 1.165) is 28.3 Å².